The maximum atomic E-state index is 13.2. The van der Waals surface area contributed by atoms with E-state index in [0.29, 0.717) is 23.0 Å². The molecule has 0 atom stereocenters. The molecular weight excluding hydrogens is 577 g/mol. The lowest BCUT2D eigenvalue weighted by Gasteiger charge is -2.22. The van der Waals surface area contributed by atoms with Crippen molar-refractivity contribution in [3.05, 3.63) is 52.9 Å². The number of carboxylic acid groups (broad SMARTS) is 1. The van der Waals surface area contributed by atoms with Gasteiger partial charge in [-0.2, -0.15) is 13.2 Å². The van der Waals surface area contributed by atoms with Crippen molar-refractivity contribution in [2.24, 2.45) is 0 Å². The molecule has 4 aromatic rings. The number of halogens is 3. The van der Waals surface area contributed by atoms with Crippen molar-refractivity contribution in [3.8, 4) is 10.7 Å². The number of carboxylic acids is 1. The minimum absolute atomic E-state index is 0.336. The number of sulfonamides is 1. The van der Waals surface area contributed by atoms with Crippen LogP contribution in [0, 0.1) is 0 Å². The van der Waals surface area contributed by atoms with Crippen LogP contribution < -0.4 is 4.31 Å². The number of thiophene rings is 1. The molecular formula is C24H27F3N4O5S3. The van der Waals surface area contributed by atoms with Crippen molar-refractivity contribution in [2.75, 3.05) is 38.2 Å². The first-order valence-corrected chi connectivity index (χ1v) is 14.6. The molecule has 0 fully saturated rings. The molecule has 3 heterocycles. The molecule has 9 nitrogen and oxygen atoms in total. The molecule has 0 saturated heterocycles. The quantitative estimate of drug-likeness (QED) is 0.253. The molecule has 3 aromatic heterocycles. The van der Waals surface area contributed by atoms with Crippen LogP contribution >= 0.6 is 22.7 Å². The number of rotatable bonds is 10. The number of thiazole rings is 1. The lowest BCUT2D eigenvalue weighted by Crippen LogP contribution is -2.30. The first-order valence-electron chi connectivity index (χ1n) is 11.5. The van der Waals surface area contributed by atoms with Crippen molar-refractivity contribution < 1.29 is 36.2 Å². The fraction of sp³-hybridized carbons (Fsp3) is 0.333. The average Bonchev–Trinajstić information content (AvgIpc) is 3.64. The normalized spacial score (nSPS) is 12.0. The lowest BCUT2D eigenvalue weighted by molar-refractivity contribution is -0.192. The third kappa shape index (κ3) is 7.57. The zero-order chi connectivity index (χ0) is 28.8. The molecule has 15 heteroatoms. The SMILES string of the molecule is CCN(c1cccc2cc(-c3ncc(CN(C)CCOC)s3)[nH]c12)S(=O)(=O)c1cccs1.O=C(O)C(F)(F)F. The van der Waals surface area contributed by atoms with Crippen LogP contribution in [0.25, 0.3) is 21.6 Å². The number of hydrogen-bond acceptors (Lipinski definition) is 8. The third-order valence-corrected chi connectivity index (χ3v) is 9.64. The molecule has 0 aliphatic carbocycles. The second-order valence-electron chi connectivity index (χ2n) is 8.19. The van der Waals surface area contributed by atoms with Gasteiger partial charge in [0.25, 0.3) is 10.0 Å². The number of nitrogens with zero attached hydrogens (tertiary/aromatic N) is 3. The molecule has 0 unspecified atom stereocenters. The Labute approximate surface area is 231 Å². The van der Waals surface area contributed by atoms with E-state index in [4.69, 9.17) is 14.6 Å². The first kappa shape index (κ1) is 30.6. The van der Waals surface area contributed by atoms with Gasteiger partial charge in [-0.1, -0.05) is 18.2 Å². The molecule has 1 aromatic carbocycles. The zero-order valence-corrected chi connectivity index (χ0v) is 23.7. The van der Waals surface area contributed by atoms with Gasteiger partial charge in [-0.15, -0.1) is 22.7 Å². The van der Waals surface area contributed by atoms with Crippen molar-refractivity contribution in [1.29, 1.82) is 0 Å². The number of aromatic nitrogens is 2. The number of H-pyrrole nitrogens is 1. The van der Waals surface area contributed by atoms with E-state index in [2.05, 4.69) is 21.9 Å². The van der Waals surface area contributed by atoms with Crippen LogP contribution in [0.5, 0.6) is 0 Å². The van der Waals surface area contributed by atoms with Crippen LogP contribution in [-0.4, -0.2) is 74.4 Å². The highest BCUT2D eigenvalue weighted by atomic mass is 32.2. The predicted octanol–water partition coefficient (Wildman–Crippen LogP) is 5.28. The van der Waals surface area contributed by atoms with Gasteiger partial charge in [-0.05, 0) is 37.6 Å². The van der Waals surface area contributed by atoms with Gasteiger partial charge < -0.3 is 14.8 Å². The number of benzene rings is 1. The molecule has 0 spiro atoms. The largest absolute Gasteiger partial charge is 0.490 e. The monoisotopic (exact) mass is 604 g/mol. The number of aliphatic carboxylic acids is 1. The number of hydrogen-bond donors (Lipinski definition) is 2. The Kier molecular flexibility index (Phi) is 10.1. The summed E-state index contributed by atoms with van der Waals surface area (Å²) in [5, 5.41) is 10.7. The van der Waals surface area contributed by atoms with Crippen LogP contribution in [0.4, 0.5) is 18.9 Å². The molecule has 0 bridgehead atoms. The number of aromatic amines is 1. The standard InChI is InChI=1S/C22H26N4O3S3.C2HF3O2/c1-4-26(32(27,28)20-9-6-12-30-20)19-8-5-7-16-13-18(24-21(16)19)22-23-14-17(31-22)15-25(2)10-11-29-3;3-2(4,5)1(6)7/h5-9,12-14,24H,4,10-11,15H2,1-3H3;(H,6,7). The van der Waals surface area contributed by atoms with E-state index in [1.807, 2.05) is 37.4 Å². The van der Waals surface area contributed by atoms with Gasteiger partial charge in [0.05, 0.1) is 23.5 Å². The fourth-order valence-electron chi connectivity index (χ4n) is 3.55. The Balaban J connectivity index is 0.000000532. The van der Waals surface area contributed by atoms with Gasteiger partial charge in [0.15, 0.2) is 0 Å². The number of methoxy groups -OCH3 is 1. The summed E-state index contributed by atoms with van der Waals surface area (Å²) >= 11 is 2.86. The van der Waals surface area contributed by atoms with E-state index in [0.717, 1.165) is 39.6 Å². The summed E-state index contributed by atoms with van der Waals surface area (Å²) in [6, 6.07) is 11.1. The van der Waals surface area contributed by atoms with Crippen molar-refractivity contribution in [1.82, 2.24) is 14.9 Å². The van der Waals surface area contributed by atoms with E-state index in [1.165, 1.54) is 15.6 Å². The number of fused-ring (bicyclic) bond motifs is 1. The van der Waals surface area contributed by atoms with E-state index in [-0.39, 0.29) is 0 Å². The van der Waals surface area contributed by atoms with Crippen molar-refractivity contribution in [3.63, 3.8) is 0 Å². The molecule has 4 rings (SSSR count). The van der Waals surface area contributed by atoms with Gasteiger partial charge in [-0.3, -0.25) is 9.21 Å². The molecule has 0 aliphatic rings. The Bertz CT molecular complexity index is 1480. The fourth-order valence-corrected chi connectivity index (χ4v) is 7.10. The summed E-state index contributed by atoms with van der Waals surface area (Å²) in [7, 11) is 0.137. The molecule has 2 N–H and O–H groups in total. The summed E-state index contributed by atoms with van der Waals surface area (Å²) in [6.07, 6.45) is -3.19. The average molecular weight is 605 g/mol. The Morgan fingerprint density at radius 2 is 1.95 bits per heavy atom. The van der Waals surface area contributed by atoms with Crippen LogP contribution in [0.3, 0.4) is 0 Å². The first-order chi connectivity index (χ1) is 18.4. The minimum Gasteiger partial charge on any atom is -0.475 e. The highest BCUT2D eigenvalue weighted by Gasteiger charge is 2.38. The molecule has 0 amide bonds. The number of ether oxygens (including phenoxy) is 1. The summed E-state index contributed by atoms with van der Waals surface area (Å²) in [5.74, 6) is -2.76. The predicted molar refractivity (Wildman–Crippen MR) is 146 cm³/mol. The summed E-state index contributed by atoms with van der Waals surface area (Å²) in [4.78, 5) is 20.3. The summed E-state index contributed by atoms with van der Waals surface area (Å²) in [6.45, 7) is 4.53. The molecule has 0 saturated carbocycles. The van der Waals surface area contributed by atoms with Gasteiger partial charge >= 0.3 is 12.1 Å². The molecule has 39 heavy (non-hydrogen) atoms. The number of anilines is 1. The van der Waals surface area contributed by atoms with Crippen LogP contribution in [0.15, 0.2) is 52.2 Å². The number of para-hydroxylation sites is 1. The highest BCUT2D eigenvalue weighted by Crippen LogP contribution is 2.35. The van der Waals surface area contributed by atoms with Gasteiger partial charge in [0.1, 0.15) is 9.22 Å². The second-order valence-corrected chi connectivity index (χ2v) is 12.3. The molecule has 212 valence electrons. The van der Waals surface area contributed by atoms with Crippen LogP contribution in [0.2, 0.25) is 0 Å². The Morgan fingerprint density at radius 3 is 2.54 bits per heavy atom. The van der Waals surface area contributed by atoms with E-state index in [1.54, 1.807) is 36.0 Å². The third-order valence-electron chi connectivity index (χ3n) is 5.36. The number of nitrogens with one attached hydrogen (secondary N) is 1. The van der Waals surface area contributed by atoms with Crippen LogP contribution in [0.1, 0.15) is 11.8 Å². The summed E-state index contributed by atoms with van der Waals surface area (Å²) < 4.78 is 65.1. The highest BCUT2D eigenvalue weighted by molar-refractivity contribution is 7.94. The number of carbonyl (C=O) groups is 1. The zero-order valence-electron chi connectivity index (χ0n) is 21.2. The summed E-state index contributed by atoms with van der Waals surface area (Å²) in [5.41, 5.74) is 2.31. The van der Waals surface area contributed by atoms with Crippen molar-refractivity contribution in [2.45, 2.75) is 23.9 Å². The van der Waals surface area contributed by atoms with E-state index >= 15 is 0 Å². The van der Waals surface area contributed by atoms with Gasteiger partial charge in [0, 0.05) is 43.2 Å². The van der Waals surface area contributed by atoms with Crippen LogP contribution in [-0.2, 0) is 26.1 Å². The smallest absolute Gasteiger partial charge is 0.475 e. The molecule has 0 aliphatic heterocycles. The minimum atomic E-state index is -5.08. The number of likely N-dealkylation sites (N-methyl/N-ethyl adjacent to an activating group) is 1. The maximum Gasteiger partial charge on any atom is 0.490 e. The van der Waals surface area contributed by atoms with E-state index < -0.39 is 22.2 Å². The van der Waals surface area contributed by atoms with Gasteiger partial charge in [-0.25, -0.2) is 18.2 Å². The maximum absolute atomic E-state index is 13.2. The van der Waals surface area contributed by atoms with E-state index in [9.17, 15) is 21.6 Å². The topological polar surface area (TPSA) is 116 Å². The number of alkyl halides is 3. The van der Waals surface area contributed by atoms with Gasteiger partial charge in [0.2, 0.25) is 0 Å². The Morgan fingerprint density at radius 1 is 1.23 bits per heavy atom. The van der Waals surface area contributed by atoms with Crippen molar-refractivity contribution >= 4 is 55.3 Å². The lowest BCUT2D eigenvalue weighted by atomic mass is 10.2. The molecule has 0 radical (unpaired) electrons. The Hall–Kier alpha value is -2.98. The second kappa shape index (κ2) is 12.9.